The van der Waals surface area contributed by atoms with Crippen LogP contribution in [0.5, 0.6) is 5.75 Å². The summed E-state index contributed by atoms with van der Waals surface area (Å²) in [6, 6.07) is 4.20. The highest BCUT2D eigenvalue weighted by Gasteiger charge is 2.46. The molecule has 0 radical (unpaired) electrons. The van der Waals surface area contributed by atoms with E-state index in [-0.39, 0.29) is 28.8 Å². The van der Waals surface area contributed by atoms with Crippen LogP contribution in [0.3, 0.4) is 0 Å². The molecule has 2 aromatic rings. The number of benzene rings is 1. The number of aromatic nitrogens is 1. The van der Waals surface area contributed by atoms with E-state index in [9.17, 15) is 23.1 Å². The number of halogens is 4. The van der Waals surface area contributed by atoms with E-state index >= 15 is 0 Å². The predicted molar refractivity (Wildman–Crippen MR) is 95.4 cm³/mol. The van der Waals surface area contributed by atoms with Crippen LogP contribution in [0, 0.1) is 5.82 Å². The largest absolute Gasteiger partial charge is 0.505 e. The van der Waals surface area contributed by atoms with Crippen LogP contribution in [-0.4, -0.2) is 41.5 Å². The van der Waals surface area contributed by atoms with Gasteiger partial charge in [-0.1, -0.05) is 11.6 Å². The van der Waals surface area contributed by atoms with E-state index < -0.39 is 41.6 Å². The monoisotopic (exact) mass is 414 g/mol. The fourth-order valence-electron chi connectivity index (χ4n) is 2.73. The van der Waals surface area contributed by atoms with Gasteiger partial charge in [-0.05, 0) is 18.2 Å². The first-order valence-electron chi connectivity index (χ1n) is 7.89. The van der Waals surface area contributed by atoms with E-state index in [4.69, 9.17) is 22.1 Å². The van der Waals surface area contributed by atoms with Gasteiger partial charge in [0.1, 0.15) is 24.0 Å². The molecule has 1 aliphatic heterocycles. The molecular formula is C17H14ClF3N4O3. The lowest BCUT2D eigenvalue weighted by molar-refractivity contribution is -0.0145. The first kappa shape index (κ1) is 19.9. The lowest BCUT2D eigenvalue weighted by atomic mass is 9.90. The highest BCUT2D eigenvalue weighted by Crippen LogP contribution is 2.38. The van der Waals surface area contributed by atoms with Crippen molar-refractivity contribution in [1.82, 2.24) is 4.98 Å². The molecule has 0 aliphatic carbocycles. The first-order valence-corrected chi connectivity index (χ1v) is 8.26. The Kier molecular flexibility index (Phi) is 5.43. The van der Waals surface area contributed by atoms with Crippen molar-refractivity contribution in [2.45, 2.75) is 12.0 Å². The fourth-order valence-corrected chi connectivity index (χ4v) is 2.88. The molecule has 3 rings (SSSR count). The Morgan fingerprint density at radius 1 is 1.39 bits per heavy atom. The number of hydrogen-bond acceptors (Lipinski definition) is 6. The Labute approximate surface area is 162 Å². The topological polar surface area (TPSA) is 110 Å². The van der Waals surface area contributed by atoms with E-state index in [1.165, 1.54) is 6.07 Å². The lowest BCUT2D eigenvalue weighted by Crippen LogP contribution is -2.45. The molecule has 1 amide bonds. The molecule has 2 heterocycles. The Balaban J connectivity index is 1.97. The second kappa shape index (κ2) is 7.64. The third-order valence-electron chi connectivity index (χ3n) is 4.02. The van der Waals surface area contributed by atoms with Crippen molar-refractivity contribution in [3.8, 4) is 5.75 Å². The van der Waals surface area contributed by atoms with Gasteiger partial charge < -0.3 is 20.9 Å². The van der Waals surface area contributed by atoms with Gasteiger partial charge >= 0.3 is 0 Å². The Hall–Kier alpha value is -2.85. The minimum Gasteiger partial charge on any atom is -0.505 e. The number of amidine groups is 1. The number of carbonyl (C=O) groups excluding carboxylic acids is 1. The number of nitrogens with zero attached hydrogens (tertiary/aromatic N) is 2. The van der Waals surface area contributed by atoms with Crippen LogP contribution in [0.25, 0.3) is 0 Å². The number of amides is 1. The van der Waals surface area contributed by atoms with Gasteiger partial charge in [0.25, 0.3) is 12.3 Å². The number of nitrogens with two attached hydrogens (primary N) is 1. The van der Waals surface area contributed by atoms with Crippen LogP contribution in [0.15, 0.2) is 35.5 Å². The molecule has 0 saturated heterocycles. The van der Waals surface area contributed by atoms with E-state index in [0.717, 1.165) is 24.4 Å². The van der Waals surface area contributed by atoms with E-state index in [1.807, 2.05) is 0 Å². The number of nitrogens with one attached hydrogen (secondary N) is 1. The average Bonchev–Trinajstić information content (AvgIpc) is 2.62. The second-order valence-electron chi connectivity index (χ2n) is 5.99. The summed E-state index contributed by atoms with van der Waals surface area (Å²) in [4.78, 5) is 19.7. The summed E-state index contributed by atoms with van der Waals surface area (Å²) in [5.41, 5.74) is 2.32. The van der Waals surface area contributed by atoms with Gasteiger partial charge in [-0.2, -0.15) is 0 Å². The predicted octanol–water partition coefficient (Wildman–Crippen LogP) is 2.68. The normalized spacial score (nSPS) is 19.4. The molecule has 1 aliphatic rings. The van der Waals surface area contributed by atoms with Crippen LogP contribution in [0.2, 0.25) is 5.02 Å². The minimum atomic E-state index is -3.12. The van der Waals surface area contributed by atoms with Crippen molar-refractivity contribution in [3.63, 3.8) is 0 Å². The number of pyridine rings is 1. The molecule has 1 atom stereocenters. The molecule has 1 aromatic carbocycles. The molecule has 0 saturated carbocycles. The smallest absolute Gasteiger partial charge is 0.278 e. The second-order valence-corrected chi connectivity index (χ2v) is 6.43. The van der Waals surface area contributed by atoms with Crippen molar-refractivity contribution in [1.29, 1.82) is 0 Å². The standard InChI is InChI=1S/C17H14ClF3N4O3/c18-8-3-12(26)14(23-5-8)15(27)24-9-1-2-11(19)10(4-9)17(16(20)21)7-28-6-13(22)25-17/h1-5,16,26H,6-7H2,(H2,22,25)(H,24,27). The van der Waals surface area contributed by atoms with E-state index in [0.29, 0.717) is 0 Å². The zero-order chi connectivity index (χ0) is 20.5. The molecule has 11 heteroatoms. The summed E-state index contributed by atoms with van der Waals surface area (Å²) in [6.07, 6.45) is -1.97. The Morgan fingerprint density at radius 3 is 2.79 bits per heavy atom. The van der Waals surface area contributed by atoms with Gasteiger partial charge in [0, 0.05) is 23.5 Å². The average molecular weight is 415 g/mol. The van der Waals surface area contributed by atoms with Gasteiger partial charge in [0.05, 0.1) is 11.6 Å². The van der Waals surface area contributed by atoms with Crippen LogP contribution in [0.1, 0.15) is 16.1 Å². The fraction of sp³-hybridized carbons (Fsp3) is 0.235. The molecule has 7 nitrogen and oxygen atoms in total. The Morgan fingerprint density at radius 2 is 2.14 bits per heavy atom. The summed E-state index contributed by atoms with van der Waals surface area (Å²) in [5, 5.41) is 12.2. The summed E-state index contributed by atoms with van der Waals surface area (Å²) >= 11 is 5.66. The van der Waals surface area contributed by atoms with Crippen LogP contribution in [0.4, 0.5) is 18.9 Å². The summed E-state index contributed by atoms with van der Waals surface area (Å²) in [7, 11) is 0. The number of aliphatic imine (C=N–C) groups is 1. The zero-order valence-corrected chi connectivity index (χ0v) is 14.9. The SMILES string of the molecule is NC1=NC(c2cc(NC(=O)c3ncc(Cl)cc3O)ccc2F)(C(F)F)COC1. The summed E-state index contributed by atoms with van der Waals surface area (Å²) in [6.45, 7) is -0.729. The van der Waals surface area contributed by atoms with E-state index in [2.05, 4.69) is 15.3 Å². The molecule has 4 N–H and O–H groups in total. The van der Waals surface area contributed by atoms with Crippen molar-refractivity contribution < 1.29 is 27.8 Å². The molecular weight excluding hydrogens is 401 g/mol. The number of carbonyl (C=O) groups is 1. The van der Waals surface area contributed by atoms with Crippen molar-refractivity contribution in [2.75, 3.05) is 18.5 Å². The van der Waals surface area contributed by atoms with Gasteiger partial charge in [0.15, 0.2) is 11.2 Å². The molecule has 1 unspecified atom stereocenters. The van der Waals surface area contributed by atoms with Crippen molar-refractivity contribution >= 4 is 29.0 Å². The summed E-state index contributed by atoms with van der Waals surface area (Å²) in [5.74, 6) is -2.49. The molecule has 148 valence electrons. The molecule has 0 bridgehead atoms. The van der Waals surface area contributed by atoms with Crippen LogP contribution in [-0.2, 0) is 10.3 Å². The number of alkyl halides is 2. The minimum absolute atomic E-state index is 0.0167. The van der Waals surface area contributed by atoms with Crippen LogP contribution >= 0.6 is 11.6 Å². The van der Waals surface area contributed by atoms with Gasteiger partial charge in [0.2, 0.25) is 0 Å². The van der Waals surface area contributed by atoms with Crippen molar-refractivity contribution in [3.05, 3.63) is 52.6 Å². The zero-order valence-electron chi connectivity index (χ0n) is 14.1. The van der Waals surface area contributed by atoms with Crippen LogP contribution < -0.4 is 11.1 Å². The van der Waals surface area contributed by atoms with Gasteiger partial charge in [-0.15, -0.1) is 0 Å². The molecule has 0 fully saturated rings. The Bertz CT molecular complexity index is 957. The van der Waals surface area contributed by atoms with Gasteiger partial charge in [-0.3, -0.25) is 9.79 Å². The number of rotatable bonds is 4. The van der Waals surface area contributed by atoms with Gasteiger partial charge in [-0.25, -0.2) is 18.2 Å². The molecule has 0 spiro atoms. The number of anilines is 1. The summed E-state index contributed by atoms with van der Waals surface area (Å²) < 4.78 is 47.0. The highest BCUT2D eigenvalue weighted by atomic mass is 35.5. The maximum absolute atomic E-state index is 14.4. The number of aromatic hydroxyl groups is 1. The third-order valence-corrected chi connectivity index (χ3v) is 4.22. The van der Waals surface area contributed by atoms with E-state index in [1.54, 1.807) is 0 Å². The quantitative estimate of drug-likeness (QED) is 0.712. The maximum atomic E-state index is 14.4. The first-order chi connectivity index (χ1) is 13.2. The van der Waals surface area contributed by atoms with Crippen molar-refractivity contribution in [2.24, 2.45) is 10.7 Å². The lowest BCUT2D eigenvalue weighted by Gasteiger charge is -2.33. The maximum Gasteiger partial charge on any atom is 0.278 e. The third kappa shape index (κ3) is 3.73. The molecule has 28 heavy (non-hydrogen) atoms. The highest BCUT2D eigenvalue weighted by molar-refractivity contribution is 6.30. The molecule has 1 aromatic heterocycles. The number of ether oxygens (including phenoxy) is 1. The number of hydrogen-bond donors (Lipinski definition) is 3.